The second kappa shape index (κ2) is 4.04. The van der Waals surface area contributed by atoms with E-state index in [4.69, 9.17) is 0 Å². The van der Waals surface area contributed by atoms with E-state index in [1.165, 1.54) is 0 Å². The van der Waals surface area contributed by atoms with Gasteiger partial charge >= 0.3 is 0 Å². The van der Waals surface area contributed by atoms with E-state index in [0.717, 1.165) is 16.7 Å². The van der Waals surface area contributed by atoms with Crippen molar-refractivity contribution < 1.29 is 14.7 Å². The molecular weight excluding hydrogens is 214 g/mol. The summed E-state index contributed by atoms with van der Waals surface area (Å²) in [4.78, 5) is 23.5. The Labute approximate surface area is 90.9 Å². The van der Waals surface area contributed by atoms with Crippen LogP contribution in [0.15, 0.2) is 30.3 Å². The molecule has 5 heteroatoms. The molecule has 1 unspecified atom stereocenters. The number of amides is 2. The second-order valence-electron chi connectivity index (χ2n) is 3.10. The molecule has 2 amide bonds. The number of nitrogens with zero attached hydrogens (tertiary/aromatic N) is 1. The molecule has 15 heavy (non-hydrogen) atoms. The third kappa shape index (κ3) is 1.88. The van der Waals surface area contributed by atoms with E-state index in [1.54, 1.807) is 30.3 Å². The Morgan fingerprint density at radius 2 is 1.93 bits per heavy atom. The van der Waals surface area contributed by atoms with Gasteiger partial charge < -0.3 is 5.11 Å². The average molecular weight is 223 g/mol. The Morgan fingerprint density at radius 3 is 2.47 bits per heavy atom. The summed E-state index contributed by atoms with van der Waals surface area (Å²) >= 11 is 0.914. The van der Waals surface area contributed by atoms with E-state index in [1.807, 2.05) is 0 Å². The van der Waals surface area contributed by atoms with Gasteiger partial charge in [0.25, 0.3) is 5.24 Å². The fourth-order valence-corrected chi connectivity index (χ4v) is 2.10. The van der Waals surface area contributed by atoms with Crippen LogP contribution in [0.2, 0.25) is 0 Å². The molecule has 1 saturated heterocycles. The Morgan fingerprint density at radius 1 is 1.27 bits per heavy atom. The molecule has 1 aromatic carbocycles. The van der Waals surface area contributed by atoms with Gasteiger partial charge in [-0.15, -0.1) is 0 Å². The number of hydrogen-bond acceptors (Lipinski definition) is 4. The highest BCUT2D eigenvalue weighted by atomic mass is 32.2. The summed E-state index contributed by atoms with van der Waals surface area (Å²) in [7, 11) is 0. The zero-order valence-corrected chi connectivity index (χ0v) is 8.61. The molecule has 0 aromatic heterocycles. The van der Waals surface area contributed by atoms with Gasteiger partial charge in [0.1, 0.15) is 0 Å². The second-order valence-corrected chi connectivity index (χ2v) is 4.03. The van der Waals surface area contributed by atoms with E-state index in [-0.39, 0.29) is 11.7 Å². The molecule has 4 nitrogen and oxygen atoms in total. The van der Waals surface area contributed by atoms with Crippen molar-refractivity contribution in [2.45, 2.75) is 6.23 Å². The summed E-state index contributed by atoms with van der Waals surface area (Å²) in [5.74, 6) is -0.232. The van der Waals surface area contributed by atoms with Crippen molar-refractivity contribution in [1.29, 1.82) is 0 Å². The van der Waals surface area contributed by atoms with Crippen molar-refractivity contribution in [2.75, 3.05) is 5.75 Å². The van der Waals surface area contributed by atoms with Gasteiger partial charge in [-0.1, -0.05) is 42.1 Å². The largest absolute Gasteiger partial charge is 0.369 e. The maximum absolute atomic E-state index is 11.3. The van der Waals surface area contributed by atoms with Gasteiger partial charge in [0.15, 0.2) is 6.23 Å². The monoisotopic (exact) mass is 223 g/mol. The number of carbonyl (C=O) groups is 2. The highest BCUT2D eigenvalue weighted by Gasteiger charge is 2.35. The minimum atomic E-state index is -1.17. The van der Waals surface area contributed by atoms with Gasteiger partial charge in [0, 0.05) is 5.56 Å². The van der Waals surface area contributed by atoms with Gasteiger partial charge in [-0.05, 0) is 0 Å². The van der Waals surface area contributed by atoms with Gasteiger partial charge in [-0.3, -0.25) is 9.59 Å². The highest BCUT2D eigenvalue weighted by Crippen LogP contribution is 2.27. The molecule has 1 atom stereocenters. The Kier molecular flexibility index (Phi) is 2.75. The topological polar surface area (TPSA) is 57.6 Å². The molecule has 1 fully saturated rings. The van der Waals surface area contributed by atoms with Crippen LogP contribution >= 0.6 is 11.8 Å². The molecule has 1 aliphatic heterocycles. The zero-order valence-electron chi connectivity index (χ0n) is 7.79. The molecule has 0 spiro atoms. The minimum absolute atomic E-state index is 0.114. The van der Waals surface area contributed by atoms with Crippen LogP contribution in [0, 0.1) is 0 Å². The van der Waals surface area contributed by atoms with E-state index in [2.05, 4.69) is 0 Å². The van der Waals surface area contributed by atoms with Crippen LogP contribution < -0.4 is 0 Å². The molecule has 78 valence electrons. The molecular formula is C10H9NO3S. The molecule has 1 aromatic rings. The number of imide groups is 1. The fourth-order valence-electron chi connectivity index (χ4n) is 1.37. The number of benzene rings is 1. The van der Waals surface area contributed by atoms with Gasteiger partial charge in [0.2, 0.25) is 5.91 Å². The Bertz CT molecular complexity index is 377. The summed E-state index contributed by atoms with van der Waals surface area (Å²) in [5, 5.41) is 9.44. The van der Waals surface area contributed by atoms with Gasteiger partial charge in [-0.2, -0.15) is 0 Å². The number of aliphatic hydroxyl groups excluding tert-OH is 1. The number of carbonyl (C=O) groups excluding carboxylic acids is 2. The predicted octanol–water partition coefficient (Wildman–Crippen LogP) is 1.37. The normalized spacial score (nSPS) is 18.3. The highest BCUT2D eigenvalue weighted by molar-refractivity contribution is 8.14. The number of hydrogen-bond donors (Lipinski definition) is 1. The number of rotatable bonds is 2. The summed E-state index contributed by atoms with van der Waals surface area (Å²) in [6.07, 6.45) is -1.17. The zero-order chi connectivity index (χ0) is 10.8. The molecule has 2 rings (SSSR count). The van der Waals surface area contributed by atoms with Crippen molar-refractivity contribution in [1.82, 2.24) is 4.90 Å². The Balaban J connectivity index is 2.24. The standard InChI is InChI=1S/C10H9NO3S/c12-8-6-15-10(14)11(8)9(13)7-4-2-1-3-5-7/h1-5,9,13H,6H2. The first-order valence-corrected chi connectivity index (χ1v) is 5.40. The third-order valence-corrected chi connectivity index (χ3v) is 2.96. The van der Waals surface area contributed by atoms with Crippen LogP contribution in [-0.4, -0.2) is 26.9 Å². The lowest BCUT2D eigenvalue weighted by Crippen LogP contribution is -2.32. The molecule has 0 bridgehead atoms. The maximum Gasteiger partial charge on any atom is 0.291 e. The van der Waals surface area contributed by atoms with Crippen molar-refractivity contribution in [3.8, 4) is 0 Å². The maximum atomic E-state index is 11.3. The minimum Gasteiger partial charge on any atom is -0.369 e. The van der Waals surface area contributed by atoms with E-state index < -0.39 is 11.5 Å². The predicted molar refractivity (Wildman–Crippen MR) is 56.1 cm³/mol. The summed E-state index contributed by atoms with van der Waals surface area (Å²) < 4.78 is 0. The van der Waals surface area contributed by atoms with Gasteiger partial charge in [-0.25, -0.2) is 4.90 Å². The molecule has 0 radical (unpaired) electrons. The van der Waals surface area contributed by atoms with Crippen molar-refractivity contribution in [2.24, 2.45) is 0 Å². The van der Waals surface area contributed by atoms with E-state index in [0.29, 0.717) is 5.56 Å². The lowest BCUT2D eigenvalue weighted by molar-refractivity contribution is -0.131. The van der Waals surface area contributed by atoms with Crippen molar-refractivity contribution >= 4 is 22.9 Å². The quantitative estimate of drug-likeness (QED) is 0.822. The molecule has 1 heterocycles. The molecule has 1 N–H and O–H groups in total. The van der Waals surface area contributed by atoms with E-state index in [9.17, 15) is 14.7 Å². The van der Waals surface area contributed by atoms with Crippen LogP contribution in [0.3, 0.4) is 0 Å². The van der Waals surface area contributed by atoms with Crippen LogP contribution in [0.25, 0.3) is 0 Å². The number of thioether (sulfide) groups is 1. The first kappa shape index (κ1) is 10.2. The smallest absolute Gasteiger partial charge is 0.291 e. The molecule has 0 saturated carbocycles. The summed E-state index contributed by atoms with van der Waals surface area (Å²) in [6, 6.07) is 8.65. The summed E-state index contributed by atoms with van der Waals surface area (Å²) in [5.41, 5.74) is 0.543. The van der Waals surface area contributed by atoms with E-state index >= 15 is 0 Å². The Hall–Kier alpha value is -1.33. The molecule has 1 aliphatic rings. The molecule has 0 aliphatic carbocycles. The van der Waals surface area contributed by atoms with Crippen LogP contribution in [-0.2, 0) is 4.79 Å². The lowest BCUT2D eigenvalue weighted by atomic mass is 10.2. The fraction of sp³-hybridized carbons (Fsp3) is 0.200. The average Bonchev–Trinajstić information content (AvgIpc) is 2.59. The SMILES string of the molecule is O=C1CSC(=O)N1C(O)c1ccccc1. The van der Waals surface area contributed by atoms with Crippen molar-refractivity contribution in [3.05, 3.63) is 35.9 Å². The van der Waals surface area contributed by atoms with Crippen LogP contribution in [0.5, 0.6) is 0 Å². The van der Waals surface area contributed by atoms with Crippen molar-refractivity contribution in [3.63, 3.8) is 0 Å². The van der Waals surface area contributed by atoms with Crippen LogP contribution in [0.4, 0.5) is 4.79 Å². The lowest BCUT2D eigenvalue weighted by Gasteiger charge is -2.20. The summed E-state index contributed by atoms with van der Waals surface area (Å²) in [6.45, 7) is 0. The van der Waals surface area contributed by atoms with Gasteiger partial charge in [0.05, 0.1) is 5.75 Å². The number of aliphatic hydroxyl groups is 1. The first-order chi connectivity index (χ1) is 7.20. The third-order valence-electron chi connectivity index (χ3n) is 2.13. The van der Waals surface area contributed by atoms with Crippen LogP contribution in [0.1, 0.15) is 11.8 Å². The first-order valence-electron chi connectivity index (χ1n) is 4.42.